The summed E-state index contributed by atoms with van der Waals surface area (Å²) in [6.07, 6.45) is 11.3. The fourth-order valence-corrected chi connectivity index (χ4v) is 2.46. The molecule has 18 heavy (non-hydrogen) atoms. The van der Waals surface area contributed by atoms with Crippen LogP contribution in [-0.2, 0) is 6.42 Å². The first-order valence-electron chi connectivity index (χ1n) is 7.11. The maximum Gasteiger partial charge on any atom is 0.107 e. The normalized spacial score (nSPS) is 11.1. The van der Waals surface area contributed by atoms with Gasteiger partial charge in [-0.25, -0.2) is 0 Å². The van der Waals surface area contributed by atoms with Crippen LogP contribution in [0.25, 0.3) is 0 Å². The van der Waals surface area contributed by atoms with Crippen LogP contribution in [0.3, 0.4) is 0 Å². The molecule has 2 heteroatoms. The third-order valence-corrected chi connectivity index (χ3v) is 3.67. The molecule has 0 heterocycles. The number of benzene rings is 1. The van der Waals surface area contributed by atoms with Crippen LogP contribution in [0.15, 0.2) is 30.3 Å². The first kappa shape index (κ1) is 15.9. The predicted octanol–water partition coefficient (Wildman–Crippen LogP) is 6.15. The summed E-state index contributed by atoms with van der Waals surface area (Å²) in [5, 5.41) is 0. The summed E-state index contributed by atoms with van der Waals surface area (Å²) in [5.41, 5.74) is 1.47. The van der Waals surface area contributed by atoms with Crippen LogP contribution in [0.2, 0.25) is 0 Å². The van der Waals surface area contributed by atoms with Crippen LogP contribution in [0.5, 0.6) is 0 Å². The molecule has 0 aliphatic rings. The highest BCUT2D eigenvalue weighted by Crippen LogP contribution is 2.15. The van der Waals surface area contributed by atoms with Crippen LogP contribution in [0.1, 0.15) is 56.9 Å². The minimum absolute atomic E-state index is 0.170. The van der Waals surface area contributed by atoms with Crippen molar-refractivity contribution in [3.8, 4) is 0 Å². The minimum Gasteiger partial charge on any atom is -0.105 e. The zero-order chi connectivity index (χ0) is 13.1. The summed E-state index contributed by atoms with van der Waals surface area (Å²) >= 11 is 11.4. The molecule has 0 saturated carbocycles. The molecule has 102 valence electrons. The van der Waals surface area contributed by atoms with Gasteiger partial charge in [-0.2, -0.15) is 0 Å². The van der Waals surface area contributed by atoms with Gasteiger partial charge in [0.15, 0.2) is 0 Å². The van der Waals surface area contributed by atoms with Gasteiger partial charge in [0, 0.05) is 0 Å². The molecule has 0 aliphatic carbocycles. The first-order valence-corrected chi connectivity index (χ1v) is 7.98. The molecule has 0 amide bonds. The van der Waals surface area contributed by atoms with E-state index in [4.69, 9.17) is 23.2 Å². The number of aryl methyl sites for hydroxylation is 1. The fraction of sp³-hybridized carbons (Fsp3) is 0.625. The lowest BCUT2D eigenvalue weighted by Crippen LogP contribution is -1.88. The second kappa shape index (κ2) is 10.7. The zero-order valence-corrected chi connectivity index (χ0v) is 12.6. The van der Waals surface area contributed by atoms with Gasteiger partial charge in [-0.15, -0.1) is 23.2 Å². The molecule has 1 aromatic carbocycles. The van der Waals surface area contributed by atoms with Crippen molar-refractivity contribution in [2.45, 2.75) is 62.6 Å². The zero-order valence-electron chi connectivity index (χ0n) is 11.1. The molecule has 0 unspecified atom stereocenters. The van der Waals surface area contributed by atoms with Crippen LogP contribution in [-0.4, -0.2) is 4.84 Å². The number of halogens is 2. The summed E-state index contributed by atoms with van der Waals surface area (Å²) in [6.45, 7) is 0. The molecule has 0 aromatic heterocycles. The van der Waals surface area contributed by atoms with E-state index in [1.165, 1.54) is 56.9 Å². The molecule has 0 nitrogen and oxygen atoms in total. The summed E-state index contributed by atoms with van der Waals surface area (Å²) in [7, 11) is 0. The number of hydrogen-bond donors (Lipinski definition) is 0. The third kappa shape index (κ3) is 8.83. The van der Waals surface area contributed by atoms with Crippen molar-refractivity contribution in [1.29, 1.82) is 0 Å². The lowest BCUT2D eigenvalue weighted by molar-refractivity contribution is 0.573. The van der Waals surface area contributed by atoms with Crippen molar-refractivity contribution < 1.29 is 0 Å². The van der Waals surface area contributed by atoms with E-state index >= 15 is 0 Å². The summed E-state index contributed by atoms with van der Waals surface area (Å²) < 4.78 is 0. The molecular formula is C16H24Cl2. The summed E-state index contributed by atoms with van der Waals surface area (Å²) in [6, 6.07) is 10.8. The topological polar surface area (TPSA) is 0 Å². The van der Waals surface area contributed by atoms with Gasteiger partial charge in [0.1, 0.15) is 4.84 Å². The molecule has 0 fully saturated rings. The number of alkyl halides is 2. The molecule has 0 N–H and O–H groups in total. The minimum atomic E-state index is -0.170. The smallest absolute Gasteiger partial charge is 0.105 e. The van der Waals surface area contributed by atoms with Crippen LogP contribution in [0, 0.1) is 0 Å². The van der Waals surface area contributed by atoms with Gasteiger partial charge < -0.3 is 0 Å². The highest BCUT2D eigenvalue weighted by molar-refractivity contribution is 6.44. The first-order chi connectivity index (χ1) is 8.79. The maximum absolute atomic E-state index is 5.68. The molecule has 0 bridgehead atoms. The van der Waals surface area contributed by atoms with Crippen molar-refractivity contribution in [2.24, 2.45) is 0 Å². The average Bonchev–Trinajstić information content (AvgIpc) is 2.37. The predicted molar refractivity (Wildman–Crippen MR) is 82.6 cm³/mol. The lowest BCUT2D eigenvalue weighted by atomic mass is 10.0. The Morgan fingerprint density at radius 1 is 0.722 bits per heavy atom. The molecule has 0 saturated heterocycles. The SMILES string of the molecule is ClC(Cl)CCCCCCCCCc1ccccc1. The van der Waals surface area contributed by atoms with E-state index in [0.717, 1.165) is 6.42 Å². The second-order valence-electron chi connectivity index (χ2n) is 4.89. The largest absolute Gasteiger partial charge is 0.107 e. The fourth-order valence-electron chi connectivity index (χ4n) is 2.16. The van der Waals surface area contributed by atoms with Crippen LogP contribution in [0.4, 0.5) is 0 Å². The summed E-state index contributed by atoms with van der Waals surface area (Å²) in [5.74, 6) is 0. The van der Waals surface area contributed by atoms with Crippen molar-refractivity contribution in [3.05, 3.63) is 35.9 Å². The van der Waals surface area contributed by atoms with Crippen molar-refractivity contribution >= 4 is 23.2 Å². The Bertz CT molecular complexity index is 282. The highest BCUT2D eigenvalue weighted by Gasteiger charge is 1.98. The van der Waals surface area contributed by atoms with Gasteiger partial charge in [0.25, 0.3) is 0 Å². The van der Waals surface area contributed by atoms with E-state index in [-0.39, 0.29) is 4.84 Å². The molecule has 1 rings (SSSR count). The molecular weight excluding hydrogens is 263 g/mol. The van der Waals surface area contributed by atoms with Gasteiger partial charge in [0.05, 0.1) is 0 Å². The van der Waals surface area contributed by atoms with Gasteiger partial charge in [-0.3, -0.25) is 0 Å². The van der Waals surface area contributed by atoms with E-state index in [0.29, 0.717) is 0 Å². The lowest BCUT2D eigenvalue weighted by Gasteiger charge is -2.03. The van der Waals surface area contributed by atoms with Crippen molar-refractivity contribution in [3.63, 3.8) is 0 Å². The van der Waals surface area contributed by atoms with Gasteiger partial charge in [-0.05, 0) is 24.8 Å². The number of rotatable bonds is 10. The van der Waals surface area contributed by atoms with E-state index in [1.54, 1.807) is 0 Å². The average molecular weight is 287 g/mol. The Labute approximate surface area is 122 Å². The number of hydrogen-bond acceptors (Lipinski definition) is 0. The van der Waals surface area contributed by atoms with Gasteiger partial charge in [-0.1, -0.05) is 68.9 Å². The Morgan fingerprint density at radius 3 is 1.89 bits per heavy atom. The standard InChI is InChI=1S/C16H24Cl2/c17-16(18)14-10-5-3-1-2-4-7-11-15-12-8-6-9-13-15/h6,8-9,12-13,16H,1-5,7,10-11,14H2. The van der Waals surface area contributed by atoms with Gasteiger partial charge >= 0.3 is 0 Å². The van der Waals surface area contributed by atoms with E-state index < -0.39 is 0 Å². The van der Waals surface area contributed by atoms with Crippen molar-refractivity contribution in [1.82, 2.24) is 0 Å². The monoisotopic (exact) mass is 286 g/mol. The maximum atomic E-state index is 5.68. The van der Waals surface area contributed by atoms with Crippen molar-refractivity contribution in [2.75, 3.05) is 0 Å². The second-order valence-corrected chi connectivity index (χ2v) is 6.17. The van der Waals surface area contributed by atoms with Gasteiger partial charge in [0.2, 0.25) is 0 Å². The highest BCUT2D eigenvalue weighted by atomic mass is 35.5. The molecule has 0 radical (unpaired) electrons. The molecule has 1 aromatic rings. The molecule has 0 aliphatic heterocycles. The molecule has 0 spiro atoms. The Morgan fingerprint density at radius 2 is 1.28 bits per heavy atom. The summed E-state index contributed by atoms with van der Waals surface area (Å²) in [4.78, 5) is -0.170. The Kier molecular flexibility index (Phi) is 9.42. The third-order valence-electron chi connectivity index (χ3n) is 3.23. The van der Waals surface area contributed by atoms with E-state index in [1.807, 2.05) is 0 Å². The Balaban J connectivity index is 1.84. The van der Waals surface area contributed by atoms with E-state index in [2.05, 4.69) is 30.3 Å². The molecule has 0 atom stereocenters. The quantitative estimate of drug-likeness (QED) is 0.357. The van der Waals surface area contributed by atoms with E-state index in [9.17, 15) is 0 Å². The number of unbranched alkanes of at least 4 members (excludes halogenated alkanes) is 6. The Hall–Kier alpha value is -0.200. The van der Waals surface area contributed by atoms with Crippen LogP contribution >= 0.6 is 23.2 Å². The van der Waals surface area contributed by atoms with Crippen LogP contribution < -0.4 is 0 Å².